The van der Waals surface area contributed by atoms with Crippen LogP contribution in [0.25, 0.3) is 22.0 Å². The van der Waals surface area contributed by atoms with Gasteiger partial charge in [0.1, 0.15) is 5.82 Å². The molecule has 0 fully saturated rings. The zero-order chi connectivity index (χ0) is 18.6. The van der Waals surface area contributed by atoms with E-state index in [4.69, 9.17) is 5.73 Å². The fourth-order valence-electron chi connectivity index (χ4n) is 3.83. The van der Waals surface area contributed by atoms with Crippen molar-refractivity contribution in [2.45, 2.75) is 32.0 Å². The van der Waals surface area contributed by atoms with Crippen molar-refractivity contribution < 1.29 is 13.2 Å². The number of hydrogen-bond acceptors (Lipinski definition) is 2. The average molecular weight is 358 g/mol. The highest BCUT2D eigenvalue weighted by atomic mass is 19.4. The predicted octanol–water partition coefficient (Wildman–Crippen LogP) is 4.78. The van der Waals surface area contributed by atoms with Gasteiger partial charge in [0.25, 0.3) is 0 Å². The number of aryl methyl sites for hydroxylation is 1. The van der Waals surface area contributed by atoms with Crippen molar-refractivity contribution >= 4 is 16.7 Å². The highest BCUT2D eigenvalue weighted by Crippen LogP contribution is 2.37. The van der Waals surface area contributed by atoms with Crippen molar-refractivity contribution in [1.29, 1.82) is 0 Å². The first-order valence-corrected chi connectivity index (χ1v) is 8.42. The van der Waals surface area contributed by atoms with Gasteiger partial charge in [0.2, 0.25) is 0 Å². The van der Waals surface area contributed by atoms with E-state index in [1.54, 1.807) is 6.07 Å². The number of nitrogen functional groups attached to an aromatic ring is 1. The lowest BCUT2D eigenvalue weighted by molar-refractivity contribution is -0.137. The Bertz CT molecular complexity index is 1080. The van der Waals surface area contributed by atoms with E-state index < -0.39 is 11.7 Å². The predicted molar refractivity (Wildman–Crippen MR) is 96.1 cm³/mol. The fourth-order valence-corrected chi connectivity index (χ4v) is 3.83. The lowest BCUT2D eigenvalue weighted by atomic mass is 9.93. The highest BCUT2D eigenvalue weighted by Gasteiger charge is 2.31. The Kier molecular flexibility index (Phi) is 3.61. The van der Waals surface area contributed by atoms with Crippen molar-refractivity contribution in [2.24, 2.45) is 0 Å². The number of hydrogen-bond donors (Lipinski definition) is 1. The summed E-state index contributed by atoms with van der Waals surface area (Å²) in [6.07, 6.45) is -2.77. The quantitative estimate of drug-likeness (QED) is 0.681. The Hall–Kier alpha value is -2.76. The van der Waals surface area contributed by atoms with Crippen LogP contribution < -0.4 is 11.2 Å². The van der Waals surface area contributed by atoms with Gasteiger partial charge in [-0.3, -0.25) is 4.79 Å². The largest absolute Gasteiger partial charge is 0.416 e. The molecule has 2 heterocycles. The summed E-state index contributed by atoms with van der Waals surface area (Å²) in [5.41, 5.74) is 7.36. The van der Waals surface area contributed by atoms with Gasteiger partial charge in [-0.2, -0.15) is 13.2 Å². The normalized spacial score (nSPS) is 16.8. The summed E-state index contributed by atoms with van der Waals surface area (Å²) in [7, 11) is 0. The number of pyridine rings is 1. The monoisotopic (exact) mass is 358 g/mol. The van der Waals surface area contributed by atoms with Gasteiger partial charge >= 0.3 is 6.18 Å². The number of nitrogens with two attached hydrogens (primary N) is 1. The molecule has 2 N–H and O–H groups in total. The molecular formula is C20H17F3N2O. The summed E-state index contributed by atoms with van der Waals surface area (Å²) in [5, 5.41) is 0.496. The number of anilines is 1. The van der Waals surface area contributed by atoms with Gasteiger partial charge in [-0.25, -0.2) is 0 Å². The summed E-state index contributed by atoms with van der Waals surface area (Å²) in [4.78, 5) is 13.1. The molecule has 0 radical (unpaired) electrons. The van der Waals surface area contributed by atoms with Gasteiger partial charge < -0.3 is 10.3 Å². The van der Waals surface area contributed by atoms with Crippen LogP contribution in [0.3, 0.4) is 0 Å². The maximum Gasteiger partial charge on any atom is 0.416 e. The molecule has 1 atom stereocenters. The van der Waals surface area contributed by atoms with E-state index in [0.29, 0.717) is 5.39 Å². The number of halogens is 3. The van der Waals surface area contributed by atoms with Gasteiger partial charge in [0.15, 0.2) is 5.43 Å². The lowest BCUT2D eigenvalue weighted by Gasteiger charge is -2.29. The number of alkyl halides is 3. The van der Waals surface area contributed by atoms with Crippen LogP contribution in [-0.2, 0) is 12.6 Å². The molecule has 3 aromatic rings. The molecule has 0 aliphatic carbocycles. The van der Waals surface area contributed by atoms with Crippen molar-refractivity contribution in [2.75, 3.05) is 5.73 Å². The molecule has 1 aromatic heterocycles. The molecule has 134 valence electrons. The molecule has 0 spiro atoms. The average Bonchev–Trinajstić information content (AvgIpc) is 2.60. The van der Waals surface area contributed by atoms with Crippen molar-refractivity contribution in [3.63, 3.8) is 0 Å². The maximum atomic E-state index is 13.1. The summed E-state index contributed by atoms with van der Waals surface area (Å²) < 4.78 is 41.2. The fraction of sp³-hybridized carbons (Fsp3) is 0.250. The third-order valence-corrected chi connectivity index (χ3v) is 5.10. The third kappa shape index (κ3) is 2.40. The number of benzene rings is 2. The number of rotatable bonds is 1. The van der Waals surface area contributed by atoms with E-state index in [1.165, 1.54) is 12.1 Å². The highest BCUT2D eigenvalue weighted by molar-refractivity contribution is 5.92. The molecule has 1 aliphatic rings. The standard InChI is InChI=1S/C20H17F3N2O/c1-11-8-9-12-4-3-7-15-17(12)25(11)19(24)16(18(15)26)13-5-2-6-14(10-13)20(21,22)23/h2-7,10-11H,8-9,24H2,1H3. The van der Waals surface area contributed by atoms with E-state index in [2.05, 4.69) is 0 Å². The third-order valence-electron chi connectivity index (χ3n) is 5.10. The van der Waals surface area contributed by atoms with Crippen LogP contribution >= 0.6 is 0 Å². The van der Waals surface area contributed by atoms with Crippen LogP contribution in [0.5, 0.6) is 0 Å². The maximum absolute atomic E-state index is 13.1. The molecule has 3 nitrogen and oxygen atoms in total. The van der Waals surface area contributed by atoms with Gasteiger partial charge in [-0.15, -0.1) is 0 Å². The van der Waals surface area contributed by atoms with E-state index in [-0.39, 0.29) is 28.4 Å². The molecule has 2 aromatic carbocycles. The molecule has 6 heteroatoms. The van der Waals surface area contributed by atoms with Crippen LogP contribution in [0.4, 0.5) is 19.0 Å². The van der Waals surface area contributed by atoms with Crippen LogP contribution in [0.1, 0.15) is 30.5 Å². The summed E-state index contributed by atoms with van der Waals surface area (Å²) in [6.45, 7) is 2.01. The van der Waals surface area contributed by atoms with E-state index in [9.17, 15) is 18.0 Å². The van der Waals surface area contributed by atoms with Gasteiger partial charge in [0, 0.05) is 11.4 Å². The smallest absolute Gasteiger partial charge is 0.384 e. The molecule has 0 amide bonds. The van der Waals surface area contributed by atoms with Crippen molar-refractivity contribution in [3.8, 4) is 11.1 Å². The molecule has 4 rings (SSSR count). The Balaban J connectivity index is 2.09. The van der Waals surface area contributed by atoms with Crippen molar-refractivity contribution in [1.82, 2.24) is 4.57 Å². The Morgan fingerprint density at radius 2 is 1.88 bits per heavy atom. The summed E-state index contributed by atoms with van der Waals surface area (Å²) in [6, 6.07) is 10.3. The van der Waals surface area contributed by atoms with E-state index in [1.807, 2.05) is 23.6 Å². The van der Waals surface area contributed by atoms with Crippen molar-refractivity contribution in [3.05, 3.63) is 63.8 Å². The van der Waals surface area contributed by atoms with Crippen LogP contribution in [0.15, 0.2) is 47.3 Å². The zero-order valence-electron chi connectivity index (χ0n) is 14.1. The Morgan fingerprint density at radius 3 is 2.62 bits per heavy atom. The molecule has 0 saturated carbocycles. The number of aromatic nitrogens is 1. The first kappa shape index (κ1) is 16.7. The topological polar surface area (TPSA) is 48.0 Å². The van der Waals surface area contributed by atoms with Gasteiger partial charge in [0.05, 0.1) is 16.6 Å². The lowest BCUT2D eigenvalue weighted by Crippen LogP contribution is -2.24. The summed E-state index contributed by atoms with van der Waals surface area (Å²) in [5.74, 6) is 0.224. The molecular weight excluding hydrogens is 341 g/mol. The SMILES string of the molecule is CC1CCc2cccc3c(=O)c(-c4cccc(C(F)(F)F)c4)c(N)n1c23. The number of nitrogens with zero attached hydrogens (tertiary/aromatic N) is 1. The van der Waals surface area contributed by atoms with E-state index >= 15 is 0 Å². The van der Waals surface area contributed by atoms with Crippen LogP contribution in [0, 0.1) is 0 Å². The van der Waals surface area contributed by atoms with Crippen LogP contribution in [-0.4, -0.2) is 4.57 Å². The van der Waals surface area contributed by atoms with Gasteiger partial charge in [-0.05, 0) is 49.1 Å². The molecule has 1 unspecified atom stereocenters. The molecule has 0 bridgehead atoms. The Morgan fingerprint density at radius 1 is 1.15 bits per heavy atom. The second-order valence-electron chi connectivity index (χ2n) is 6.74. The summed E-state index contributed by atoms with van der Waals surface area (Å²) >= 11 is 0. The first-order chi connectivity index (χ1) is 12.3. The van der Waals surface area contributed by atoms with Gasteiger partial charge in [-0.1, -0.05) is 24.3 Å². The Labute approximate surface area is 147 Å². The zero-order valence-corrected chi connectivity index (χ0v) is 14.1. The molecule has 0 saturated heterocycles. The number of para-hydroxylation sites is 1. The minimum atomic E-state index is -4.48. The minimum absolute atomic E-state index is 0.0672. The molecule has 26 heavy (non-hydrogen) atoms. The van der Waals surface area contributed by atoms with Crippen LogP contribution in [0.2, 0.25) is 0 Å². The second-order valence-corrected chi connectivity index (χ2v) is 6.74. The minimum Gasteiger partial charge on any atom is -0.384 e. The second kappa shape index (κ2) is 5.62. The molecule has 1 aliphatic heterocycles. The van der Waals surface area contributed by atoms with E-state index in [0.717, 1.165) is 36.1 Å². The first-order valence-electron chi connectivity index (χ1n) is 8.42.